The third-order valence-corrected chi connectivity index (χ3v) is 7.23. The van der Waals surface area contributed by atoms with Crippen LogP contribution in [0.1, 0.15) is 58.4 Å². The molecular formula is C30H28Cl2N4O6. The summed E-state index contributed by atoms with van der Waals surface area (Å²) >= 11 is 11.9. The molecule has 0 atom stereocenters. The van der Waals surface area contributed by atoms with E-state index in [1.807, 2.05) is 0 Å². The average molecular weight is 611 g/mol. The minimum absolute atomic E-state index is 0.0926. The van der Waals surface area contributed by atoms with E-state index in [0.717, 1.165) is 32.1 Å². The number of anilines is 1. The fourth-order valence-electron chi connectivity index (χ4n) is 4.33. The molecule has 0 aliphatic heterocycles. The van der Waals surface area contributed by atoms with Gasteiger partial charge in [-0.1, -0.05) is 54.6 Å². The number of halogens is 2. The van der Waals surface area contributed by atoms with Crippen LogP contribution in [0.5, 0.6) is 11.5 Å². The van der Waals surface area contributed by atoms with E-state index in [0.29, 0.717) is 10.6 Å². The fourth-order valence-corrected chi connectivity index (χ4v) is 4.62. The number of para-hydroxylation sites is 1. The number of benzene rings is 3. The first-order valence-electron chi connectivity index (χ1n) is 13.1. The molecule has 0 spiro atoms. The van der Waals surface area contributed by atoms with E-state index in [1.165, 1.54) is 43.7 Å². The first kappa shape index (κ1) is 30.5. The Morgan fingerprint density at radius 2 is 1.64 bits per heavy atom. The molecule has 0 heterocycles. The zero-order valence-corrected chi connectivity index (χ0v) is 24.1. The lowest BCUT2D eigenvalue weighted by molar-refractivity contribution is -0.136. The van der Waals surface area contributed by atoms with Crippen molar-refractivity contribution < 1.29 is 28.7 Å². The maximum absolute atomic E-state index is 12.8. The topological polar surface area (TPSA) is 135 Å². The van der Waals surface area contributed by atoms with E-state index >= 15 is 0 Å². The Kier molecular flexibility index (Phi) is 10.5. The highest BCUT2D eigenvalue weighted by Gasteiger charge is 2.21. The van der Waals surface area contributed by atoms with Crippen LogP contribution in [0.3, 0.4) is 0 Å². The van der Waals surface area contributed by atoms with Crippen LogP contribution in [0.15, 0.2) is 65.8 Å². The van der Waals surface area contributed by atoms with Gasteiger partial charge in [-0.25, -0.2) is 10.2 Å². The van der Waals surface area contributed by atoms with E-state index in [-0.39, 0.29) is 45.3 Å². The number of hydrogen-bond acceptors (Lipinski definition) is 7. The van der Waals surface area contributed by atoms with Crippen molar-refractivity contribution in [1.29, 1.82) is 0 Å². The van der Waals surface area contributed by atoms with Crippen LogP contribution in [-0.4, -0.2) is 43.1 Å². The Bertz CT molecular complexity index is 1520. The summed E-state index contributed by atoms with van der Waals surface area (Å²) in [6, 6.07) is 15.5. The molecule has 1 aliphatic carbocycles. The van der Waals surface area contributed by atoms with Crippen LogP contribution in [0.2, 0.25) is 10.0 Å². The third-order valence-electron chi connectivity index (χ3n) is 6.49. The summed E-state index contributed by atoms with van der Waals surface area (Å²) in [4.78, 5) is 50.2. The molecule has 0 saturated heterocycles. The van der Waals surface area contributed by atoms with E-state index in [4.69, 9.17) is 32.7 Å². The fraction of sp³-hybridized carbons (Fsp3) is 0.233. The van der Waals surface area contributed by atoms with Crippen LogP contribution in [-0.2, 0) is 9.59 Å². The summed E-state index contributed by atoms with van der Waals surface area (Å²) in [5.74, 6) is -2.64. The summed E-state index contributed by atoms with van der Waals surface area (Å²) in [6.07, 6.45) is 6.40. The van der Waals surface area contributed by atoms with Gasteiger partial charge in [-0.3, -0.25) is 14.4 Å². The van der Waals surface area contributed by atoms with Gasteiger partial charge < -0.3 is 20.1 Å². The number of nitrogens with zero attached hydrogens (tertiary/aromatic N) is 1. The SMILES string of the molecule is COc1cc(/C=N\NC(=O)C(=O)Nc2ccccc2C(=O)NC2CCCCC2)ccc1OC(=O)c1ccc(Cl)c(Cl)c1. The average Bonchev–Trinajstić information content (AvgIpc) is 2.99. The van der Waals surface area contributed by atoms with E-state index < -0.39 is 17.8 Å². The smallest absolute Gasteiger partial charge is 0.343 e. The van der Waals surface area contributed by atoms with Crippen molar-refractivity contribution in [3.8, 4) is 11.5 Å². The number of ether oxygens (including phenoxy) is 2. The number of amides is 3. The Balaban J connectivity index is 1.34. The van der Waals surface area contributed by atoms with Crippen molar-refractivity contribution in [1.82, 2.24) is 10.7 Å². The molecule has 1 aliphatic rings. The minimum Gasteiger partial charge on any atom is -0.493 e. The molecule has 1 saturated carbocycles. The van der Waals surface area contributed by atoms with Gasteiger partial charge in [-0.05, 0) is 66.9 Å². The van der Waals surface area contributed by atoms with Crippen LogP contribution in [0, 0.1) is 0 Å². The molecule has 218 valence electrons. The van der Waals surface area contributed by atoms with Gasteiger partial charge in [0.15, 0.2) is 11.5 Å². The molecule has 0 radical (unpaired) electrons. The number of carbonyl (C=O) groups is 4. The maximum atomic E-state index is 12.8. The Hall–Kier alpha value is -4.41. The van der Waals surface area contributed by atoms with Gasteiger partial charge >= 0.3 is 17.8 Å². The Morgan fingerprint density at radius 1 is 0.881 bits per heavy atom. The lowest BCUT2D eigenvalue weighted by Gasteiger charge is -2.23. The number of methoxy groups -OCH3 is 1. The highest BCUT2D eigenvalue weighted by molar-refractivity contribution is 6.42. The predicted molar refractivity (Wildman–Crippen MR) is 160 cm³/mol. The second kappa shape index (κ2) is 14.5. The normalized spacial score (nSPS) is 13.3. The van der Waals surface area contributed by atoms with Crippen LogP contribution >= 0.6 is 23.2 Å². The second-order valence-electron chi connectivity index (χ2n) is 9.44. The highest BCUT2D eigenvalue weighted by atomic mass is 35.5. The number of hydrogen-bond donors (Lipinski definition) is 3. The van der Waals surface area contributed by atoms with Crippen LogP contribution < -0.4 is 25.5 Å². The number of esters is 1. The zero-order chi connectivity index (χ0) is 30.1. The maximum Gasteiger partial charge on any atom is 0.343 e. The van der Waals surface area contributed by atoms with Crippen molar-refractivity contribution in [2.24, 2.45) is 5.10 Å². The molecule has 4 rings (SSSR count). The molecule has 3 aromatic carbocycles. The Morgan fingerprint density at radius 3 is 2.38 bits per heavy atom. The van der Waals surface area contributed by atoms with Crippen LogP contribution in [0.25, 0.3) is 0 Å². The standard InChI is InChI=1S/C30H28Cl2N4O6/c1-41-26-15-18(11-14-25(26)42-30(40)19-12-13-22(31)23(32)16-19)17-33-36-29(39)28(38)35-24-10-6-5-9-21(24)27(37)34-20-7-3-2-4-8-20/h5-6,9-17,20H,2-4,7-8H2,1H3,(H,34,37)(H,35,38)(H,36,39)/b33-17-. The second-order valence-corrected chi connectivity index (χ2v) is 10.3. The number of carbonyl (C=O) groups excluding carboxylic acids is 4. The Labute approximate surface area is 252 Å². The molecule has 3 amide bonds. The molecule has 1 fully saturated rings. The molecule has 12 heteroatoms. The molecule has 3 N–H and O–H groups in total. The number of hydrazone groups is 1. The summed E-state index contributed by atoms with van der Waals surface area (Å²) in [6.45, 7) is 0. The molecule has 0 bridgehead atoms. The number of nitrogens with one attached hydrogen (secondary N) is 3. The first-order valence-corrected chi connectivity index (χ1v) is 13.9. The van der Waals surface area contributed by atoms with Crippen molar-refractivity contribution in [3.05, 3.63) is 87.4 Å². The minimum atomic E-state index is -1.03. The predicted octanol–water partition coefficient (Wildman–Crippen LogP) is 5.37. The summed E-state index contributed by atoms with van der Waals surface area (Å²) in [7, 11) is 1.39. The largest absolute Gasteiger partial charge is 0.493 e. The zero-order valence-electron chi connectivity index (χ0n) is 22.6. The molecule has 42 heavy (non-hydrogen) atoms. The van der Waals surface area contributed by atoms with E-state index in [1.54, 1.807) is 30.3 Å². The lowest BCUT2D eigenvalue weighted by Crippen LogP contribution is -2.37. The third kappa shape index (κ3) is 8.08. The highest BCUT2D eigenvalue weighted by Crippen LogP contribution is 2.29. The van der Waals surface area contributed by atoms with Gasteiger partial charge in [-0.2, -0.15) is 5.10 Å². The van der Waals surface area contributed by atoms with Crippen molar-refractivity contribution in [3.63, 3.8) is 0 Å². The monoisotopic (exact) mass is 610 g/mol. The van der Waals surface area contributed by atoms with Crippen molar-refractivity contribution >= 4 is 58.8 Å². The molecule has 0 unspecified atom stereocenters. The van der Waals surface area contributed by atoms with Crippen molar-refractivity contribution in [2.75, 3.05) is 12.4 Å². The summed E-state index contributed by atoms with van der Waals surface area (Å²) in [5.41, 5.74) is 3.30. The van der Waals surface area contributed by atoms with E-state index in [2.05, 4.69) is 21.2 Å². The quantitative estimate of drug-likeness (QED) is 0.103. The summed E-state index contributed by atoms with van der Waals surface area (Å²) < 4.78 is 10.7. The van der Waals surface area contributed by atoms with E-state index in [9.17, 15) is 19.2 Å². The first-order chi connectivity index (χ1) is 20.2. The summed E-state index contributed by atoms with van der Waals surface area (Å²) in [5, 5.41) is 9.81. The number of rotatable bonds is 8. The van der Waals surface area contributed by atoms with Gasteiger partial charge in [0.1, 0.15) is 0 Å². The van der Waals surface area contributed by atoms with Gasteiger partial charge in [0, 0.05) is 6.04 Å². The van der Waals surface area contributed by atoms with Gasteiger partial charge in [-0.15, -0.1) is 0 Å². The molecule has 3 aromatic rings. The van der Waals surface area contributed by atoms with Crippen LogP contribution in [0.4, 0.5) is 5.69 Å². The van der Waals surface area contributed by atoms with Crippen molar-refractivity contribution in [2.45, 2.75) is 38.1 Å². The molecular weight excluding hydrogens is 583 g/mol. The molecule has 10 nitrogen and oxygen atoms in total. The van der Waals surface area contributed by atoms with Gasteiger partial charge in [0.05, 0.1) is 40.2 Å². The van der Waals surface area contributed by atoms with Gasteiger partial charge in [0.25, 0.3) is 5.91 Å². The van der Waals surface area contributed by atoms with Gasteiger partial charge in [0.2, 0.25) is 0 Å². The molecule has 0 aromatic heterocycles. The lowest BCUT2D eigenvalue weighted by atomic mass is 9.95.